The fourth-order valence-corrected chi connectivity index (χ4v) is 11.9. The molecule has 4 aliphatic rings. The summed E-state index contributed by atoms with van der Waals surface area (Å²) in [6.45, 7) is -6.05. The number of aliphatic hydroxyl groups is 9. The average molecular weight is 1350 g/mol. The van der Waals surface area contributed by atoms with Crippen molar-refractivity contribution >= 4 is 45.2 Å². The van der Waals surface area contributed by atoms with Crippen LogP contribution < -0.4 is 5.32 Å². The van der Waals surface area contributed by atoms with Crippen molar-refractivity contribution in [3.63, 3.8) is 0 Å². The van der Waals surface area contributed by atoms with Gasteiger partial charge in [-0.2, -0.15) is 0 Å². The van der Waals surface area contributed by atoms with Crippen molar-refractivity contribution in [2.24, 2.45) is 17.3 Å². The molecule has 0 aromatic heterocycles. The zero-order valence-corrected chi connectivity index (χ0v) is 51.2. The number of rotatable bonds is 40. The lowest BCUT2D eigenvalue weighted by Gasteiger charge is -2.42. The topological polar surface area (TPSA) is 544 Å². The molecule has 4 aliphatic heterocycles. The van der Waals surface area contributed by atoms with Crippen molar-refractivity contribution in [1.82, 2.24) is 5.32 Å². The Hall–Kier alpha value is -0.750. The van der Waals surface area contributed by atoms with E-state index in [1.165, 1.54) is 13.8 Å². The first kappa shape index (κ1) is 76.7. The third-order valence-corrected chi connectivity index (χ3v) is 17.2. The number of carbonyl (C=O) groups excluding carboxylic acids is 1. The second-order valence-corrected chi connectivity index (χ2v) is 27.1. The summed E-state index contributed by atoms with van der Waals surface area (Å²) in [4.78, 5) is 53.8. The largest absolute Gasteiger partial charge is 0.699 e. The molecule has 24 atom stereocenters. The van der Waals surface area contributed by atoms with Crippen LogP contribution in [0.4, 0.5) is 0 Å². The molecule has 38 nitrogen and oxygen atoms in total. The van der Waals surface area contributed by atoms with Gasteiger partial charge in [-0.05, 0) is 6.92 Å². The Morgan fingerprint density at radius 3 is 1.49 bits per heavy atom. The van der Waals surface area contributed by atoms with Crippen LogP contribution >= 0.6 is 39.3 Å². The Morgan fingerprint density at radius 2 is 1.00 bits per heavy atom. The molecule has 0 aromatic rings. The summed E-state index contributed by atoms with van der Waals surface area (Å²) < 4.78 is 160. The van der Waals surface area contributed by atoms with Gasteiger partial charge in [0.2, 0.25) is 12.7 Å². The molecule has 4 rings (SSSR count). The van der Waals surface area contributed by atoms with Crippen molar-refractivity contribution in [3.8, 4) is 0 Å². The molecule has 43 heteroatoms. The summed E-state index contributed by atoms with van der Waals surface area (Å²) in [6.07, 6.45) is -19.4. The number of hydrogen-bond acceptors (Lipinski definition) is 33. The molecule has 0 aliphatic carbocycles. The van der Waals surface area contributed by atoms with Crippen LogP contribution in [0.2, 0.25) is 0 Å². The molecule has 0 saturated carbocycles. The van der Waals surface area contributed by atoms with Gasteiger partial charge in [-0.3, -0.25) is 36.5 Å². The van der Waals surface area contributed by atoms with Crippen molar-refractivity contribution in [2.75, 3.05) is 113 Å². The SMILES string of the molecule is CC(=O)NC1[C@H](OCCOP(=O)(O)OCOCC(COCO[P+](=O)OCCO[C@@H]2OC(CO)[C@H](O)[C@H](O)C2C)(COP(=O)(O)OCCO[C@@H]2OC(CO)[C@H](O)[C@H](O)C2C)COP(=O)(O)OC[C@H]2O[C@@H](C)C[C@@H]2OP(C)(=O)O)OC(CO)[C@H](O)[C@@H]1O. The highest BCUT2D eigenvalue weighted by atomic mass is 31.2. The van der Waals surface area contributed by atoms with Crippen LogP contribution in [-0.4, -0.2) is 282 Å². The van der Waals surface area contributed by atoms with Crippen molar-refractivity contribution < 1.29 is 176 Å². The van der Waals surface area contributed by atoms with Crippen molar-refractivity contribution in [3.05, 3.63) is 0 Å². The van der Waals surface area contributed by atoms with Crippen LogP contribution in [0.3, 0.4) is 0 Å². The van der Waals surface area contributed by atoms with Crippen molar-refractivity contribution in [1.29, 1.82) is 0 Å². The van der Waals surface area contributed by atoms with E-state index in [-0.39, 0.29) is 13.0 Å². The molecule has 12 unspecified atom stereocenters. The number of aliphatic hydroxyl groups excluding tert-OH is 9. The zero-order chi connectivity index (χ0) is 63.5. The van der Waals surface area contributed by atoms with Gasteiger partial charge in [0.1, 0.15) is 61.5 Å². The fraction of sp³-hybridized carbons (Fsp3) is 0.976. The van der Waals surface area contributed by atoms with Gasteiger partial charge in [-0.15, -0.1) is 4.52 Å². The Kier molecular flexibility index (Phi) is 32.4. The third-order valence-electron chi connectivity index (χ3n) is 13.0. The van der Waals surface area contributed by atoms with Gasteiger partial charge >= 0.3 is 39.3 Å². The van der Waals surface area contributed by atoms with E-state index in [1.807, 2.05) is 0 Å². The maximum atomic E-state index is 13.5. The minimum Gasteiger partial charge on any atom is -0.394 e. The Balaban J connectivity index is 1.48. The van der Waals surface area contributed by atoms with Gasteiger partial charge in [0.15, 0.2) is 25.7 Å². The Bertz CT molecular complexity index is 2210. The van der Waals surface area contributed by atoms with E-state index < -0.39 is 260 Å². The zero-order valence-electron chi connectivity index (χ0n) is 46.8. The maximum absolute atomic E-state index is 13.5. The summed E-state index contributed by atoms with van der Waals surface area (Å²) in [5.41, 5.74) is -2.20. The Morgan fingerprint density at radius 1 is 0.553 bits per heavy atom. The molecular formula is C42H81NO37P5+. The fourth-order valence-electron chi connectivity index (χ4n) is 8.48. The molecule has 0 radical (unpaired) electrons. The highest BCUT2D eigenvalue weighted by Crippen LogP contribution is 2.50. The predicted molar refractivity (Wildman–Crippen MR) is 276 cm³/mol. The maximum Gasteiger partial charge on any atom is 0.699 e. The lowest BCUT2D eigenvalue weighted by Crippen LogP contribution is -2.64. The quantitative estimate of drug-likeness (QED) is 0.0161. The van der Waals surface area contributed by atoms with E-state index in [0.717, 1.165) is 13.6 Å². The summed E-state index contributed by atoms with van der Waals surface area (Å²) in [7, 11) is -22.9. The number of amides is 1. The molecule has 0 aromatic carbocycles. The number of phosphoric ester groups is 3. The van der Waals surface area contributed by atoms with Crippen molar-refractivity contribution in [2.45, 2.75) is 132 Å². The first-order valence-electron chi connectivity index (χ1n) is 26.1. The number of phosphoric acid groups is 3. The van der Waals surface area contributed by atoms with E-state index in [4.69, 9.17) is 83.3 Å². The highest BCUT2D eigenvalue weighted by Gasteiger charge is 2.48. The van der Waals surface area contributed by atoms with E-state index in [9.17, 15) is 93.2 Å². The van der Waals surface area contributed by atoms with Gasteiger partial charge in [0.25, 0.3) is 0 Å². The number of carbonyl (C=O) groups is 1. The van der Waals surface area contributed by atoms with Crippen LogP contribution in [0, 0.1) is 17.3 Å². The van der Waals surface area contributed by atoms with Gasteiger partial charge in [-0.1, -0.05) is 18.4 Å². The van der Waals surface area contributed by atoms with Gasteiger partial charge in [-0.25, -0.2) is 13.7 Å². The first-order chi connectivity index (χ1) is 39.8. The summed E-state index contributed by atoms with van der Waals surface area (Å²) in [6, 6.07) is -1.37. The smallest absolute Gasteiger partial charge is 0.394 e. The lowest BCUT2D eigenvalue weighted by atomic mass is 9.92. The van der Waals surface area contributed by atoms with Crippen LogP contribution in [0.5, 0.6) is 0 Å². The van der Waals surface area contributed by atoms with Gasteiger partial charge in [0, 0.05) is 36.4 Å². The monoisotopic (exact) mass is 1350 g/mol. The molecule has 0 bridgehead atoms. The number of ether oxygens (including phenoxy) is 9. The van der Waals surface area contributed by atoms with E-state index >= 15 is 0 Å². The first-order valence-corrected chi connectivity index (χ1v) is 33.7. The van der Waals surface area contributed by atoms with Crippen LogP contribution in [0.25, 0.3) is 0 Å². The molecular weight excluding hydrogens is 1270 g/mol. The normalized spacial score (nSPS) is 35.7. The molecule has 1 amide bonds. The highest BCUT2D eigenvalue weighted by molar-refractivity contribution is 7.52. The second-order valence-electron chi connectivity index (χ2n) is 20.0. The number of nitrogens with one attached hydrogen (secondary N) is 1. The van der Waals surface area contributed by atoms with E-state index in [1.54, 1.807) is 6.92 Å². The summed E-state index contributed by atoms with van der Waals surface area (Å²) >= 11 is 0. The molecule has 14 N–H and O–H groups in total. The Labute approximate surface area is 488 Å². The molecule has 4 fully saturated rings. The molecule has 500 valence electrons. The lowest BCUT2D eigenvalue weighted by molar-refractivity contribution is -0.283. The van der Waals surface area contributed by atoms with Crippen LogP contribution in [0.1, 0.15) is 34.1 Å². The van der Waals surface area contributed by atoms with Gasteiger partial charge in [0.05, 0.1) is 116 Å². The van der Waals surface area contributed by atoms with Crippen LogP contribution in [-0.2, 0) is 111 Å². The molecule has 4 heterocycles. The standard InChI is InChI=1S/C42H80NO37P5/c1-23-12-27(80-82(5,55)56)31(76-23)16-72-85(61,62)74-20-42(19-73-83(57,58)70-10-7-66-40-25(3)34(49)36(51)29(14-45)78-40,17-63-21-69-81(54)68-9-6-65-39-24(2)33(48)35(50)28(13-44)77-39)18-64-22-75-84(59,60)71-11-8-67-41-32(43-26(4)47)38(53)37(52)30(15-46)79-41/h23-25,27-41,44-46,48-53H,6-22H2,1-5H3,(H4-,43,47,55,56,57,58,59,60,61,62)/p+1/t23-,24?,25?,27-,28?,29?,30?,31+,32?,33+,34+,35-,36-,37-,38+,39+,40+,41+,42?/m0/s1. The van der Waals surface area contributed by atoms with E-state index in [2.05, 4.69) is 5.32 Å². The number of hydrogen-bond donors (Lipinski definition) is 14. The molecule has 85 heavy (non-hydrogen) atoms. The van der Waals surface area contributed by atoms with Gasteiger partial charge < -0.3 is 118 Å². The average Bonchev–Trinajstić information content (AvgIpc) is 2.97. The molecule has 0 spiro atoms. The molecule has 4 saturated heterocycles. The minimum atomic E-state index is -5.32. The van der Waals surface area contributed by atoms with Crippen LogP contribution in [0.15, 0.2) is 0 Å². The second kappa shape index (κ2) is 35.9. The summed E-state index contributed by atoms with van der Waals surface area (Å²) in [5, 5.41) is 92.6. The predicted octanol–water partition coefficient (Wildman–Crippen LogP) is -3.47. The third kappa shape index (κ3) is 25.7. The summed E-state index contributed by atoms with van der Waals surface area (Å²) in [5.74, 6) is -2.31. The van der Waals surface area contributed by atoms with E-state index in [0.29, 0.717) is 0 Å². The minimum absolute atomic E-state index is 0.0716.